The van der Waals surface area contributed by atoms with E-state index in [1.54, 1.807) is 16.8 Å². The molecule has 0 radical (unpaired) electrons. The van der Waals surface area contributed by atoms with Crippen molar-refractivity contribution < 1.29 is 14.3 Å². The number of carbonyl (C=O) groups excluding carboxylic acids is 2. The Morgan fingerprint density at radius 2 is 2.08 bits per heavy atom. The van der Waals surface area contributed by atoms with Crippen LogP contribution in [0.2, 0.25) is 0 Å². The van der Waals surface area contributed by atoms with Crippen molar-refractivity contribution in [3.63, 3.8) is 0 Å². The summed E-state index contributed by atoms with van der Waals surface area (Å²) in [7, 11) is 1.78. The van der Waals surface area contributed by atoms with Crippen molar-refractivity contribution in [3.05, 3.63) is 30.3 Å². The summed E-state index contributed by atoms with van der Waals surface area (Å²) in [6.45, 7) is 3.49. The summed E-state index contributed by atoms with van der Waals surface area (Å²) in [5.74, 6) is 0.505. The Morgan fingerprint density at radius 3 is 2.75 bits per heavy atom. The first kappa shape index (κ1) is 18.3. The maximum absolute atomic E-state index is 12.5. The van der Waals surface area contributed by atoms with Gasteiger partial charge >= 0.3 is 0 Å². The summed E-state index contributed by atoms with van der Waals surface area (Å²) in [5.41, 5.74) is 5.64. The van der Waals surface area contributed by atoms with Crippen LogP contribution in [0.15, 0.2) is 30.3 Å². The zero-order valence-electron chi connectivity index (χ0n) is 14.5. The van der Waals surface area contributed by atoms with Crippen molar-refractivity contribution in [2.75, 3.05) is 33.3 Å². The third kappa shape index (κ3) is 4.71. The van der Waals surface area contributed by atoms with Crippen molar-refractivity contribution in [1.82, 2.24) is 9.80 Å². The van der Waals surface area contributed by atoms with Gasteiger partial charge in [0.05, 0.1) is 5.92 Å². The van der Waals surface area contributed by atoms with Crippen LogP contribution in [-0.2, 0) is 9.59 Å². The molecule has 2 unspecified atom stereocenters. The van der Waals surface area contributed by atoms with E-state index in [0.717, 1.165) is 12.8 Å². The highest BCUT2D eigenvalue weighted by Gasteiger charge is 2.31. The van der Waals surface area contributed by atoms with Gasteiger partial charge in [-0.25, -0.2) is 0 Å². The first-order valence-corrected chi connectivity index (χ1v) is 8.45. The van der Waals surface area contributed by atoms with E-state index < -0.39 is 0 Å². The number of para-hydroxylation sites is 1. The van der Waals surface area contributed by atoms with Gasteiger partial charge in [-0.3, -0.25) is 9.59 Å². The summed E-state index contributed by atoms with van der Waals surface area (Å²) in [4.78, 5) is 28.3. The van der Waals surface area contributed by atoms with Gasteiger partial charge in [0.25, 0.3) is 5.91 Å². The molecule has 1 aromatic rings. The van der Waals surface area contributed by atoms with E-state index in [2.05, 4.69) is 0 Å². The van der Waals surface area contributed by atoms with E-state index in [0.29, 0.717) is 25.4 Å². The van der Waals surface area contributed by atoms with Crippen molar-refractivity contribution in [2.24, 2.45) is 11.7 Å². The average molecular weight is 333 g/mol. The number of likely N-dealkylation sites (tertiary alicyclic amines) is 1. The lowest BCUT2D eigenvalue weighted by Gasteiger charge is -2.35. The van der Waals surface area contributed by atoms with E-state index in [-0.39, 0.29) is 30.4 Å². The smallest absolute Gasteiger partial charge is 0.260 e. The highest BCUT2D eigenvalue weighted by molar-refractivity contribution is 5.82. The van der Waals surface area contributed by atoms with Gasteiger partial charge < -0.3 is 20.3 Å². The second-order valence-electron chi connectivity index (χ2n) is 6.31. The Morgan fingerprint density at radius 1 is 1.38 bits per heavy atom. The van der Waals surface area contributed by atoms with E-state index in [4.69, 9.17) is 10.5 Å². The molecule has 0 bridgehead atoms. The number of piperidine rings is 1. The Balaban J connectivity index is 1.87. The van der Waals surface area contributed by atoms with Gasteiger partial charge in [0, 0.05) is 32.7 Å². The van der Waals surface area contributed by atoms with Gasteiger partial charge in [-0.1, -0.05) is 18.2 Å². The monoisotopic (exact) mass is 333 g/mol. The molecule has 1 fully saturated rings. The first-order chi connectivity index (χ1) is 11.5. The highest BCUT2D eigenvalue weighted by atomic mass is 16.5. The molecule has 132 valence electrons. The molecular weight excluding hydrogens is 306 g/mol. The Hall–Kier alpha value is -2.08. The van der Waals surface area contributed by atoms with Crippen LogP contribution in [0.3, 0.4) is 0 Å². The van der Waals surface area contributed by atoms with Gasteiger partial charge in [-0.15, -0.1) is 0 Å². The van der Waals surface area contributed by atoms with Crippen molar-refractivity contribution in [1.29, 1.82) is 0 Å². The van der Waals surface area contributed by atoms with Gasteiger partial charge in [-0.2, -0.15) is 0 Å². The number of benzene rings is 1. The largest absolute Gasteiger partial charge is 0.484 e. The average Bonchev–Trinajstić information content (AvgIpc) is 2.65. The predicted molar refractivity (Wildman–Crippen MR) is 92.5 cm³/mol. The van der Waals surface area contributed by atoms with Gasteiger partial charge in [0.2, 0.25) is 5.91 Å². The standard InChI is InChI=1S/C18H27N3O3/c1-14(11-19)20(2)18(23)15-7-6-10-21(12-15)17(22)13-24-16-8-4-3-5-9-16/h3-5,8-9,14-15H,6-7,10-13,19H2,1-2H3. The lowest BCUT2D eigenvalue weighted by Crippen LogP contribution is -2.49. The quantitative estimate of drug-likeness (QED) is 0.846. The summed E-state index contributed by atoms with van der Waals surface area (Å²) < 4.78 is 5.52. The molecule has 0 aliphatic carbocycles. The van der Waals surface area contributed by atoms with E-state index in [1.165, 1.54) is 0 Å². The SMILES string of the molecule is CC(CN)N(C)C(=O)C1CCCN(C(=O)COc2ccccc2)C1. The van der Waals surface area contributed by atoms with Crippen LogP contribution < -0.4 is 10.5 Å². The molecule has 0 spiro atoms. The van der Waals surface area contributed by atoms with E-state index in [9.17, 15) is 9.59 Å². The lowest BCUT2D eigenvalue weighted by molar-refractivity contribution is -0.142. The molecule has 24 heavy (non-hydrogen) atoms. The normalized spacial score (nSPS) is 18.8. The Bertz CT molecular complexity index is 550. The molecule has 2 rings (SSSR count). The maximum Gasteiger partial charge on any atom is 0.260 e. The molecule has 1 heterocycles. The number of amides is 2. The molecule has 0 aromatic heterocycles. The fourth-order valence-corrected chi connectivity index (χ4v) is 2.82. The topological polar surface area (TPSA) is 75.9 Å². The zero-order valence-corrected chi connectivity index (χ0v) is 14.5. The summed E-state index contributed by atoms with van der Waals surface area (Å²) in [6, 6.07) is 9.27. The number of hydrogen-bond donors (Lipinski definition) is 1. The first-order valence-electron chi connectivity index (χ1n) is 8.45. The molecule has 1 aliphatic heterocycles. The van der Waals surface area contributed by atoms with E-state index in [1.807, 2.05) is 37.3 Å². The van der Waals surface area contributed by atoms with Crippen molar-refractivity contribution in [2.45, 2.75) is 25.8 Å². The number of nitrogens with zero attached hydrogens (tertiary/aromatic N) is 2. The minimum absolute atomic E-state index is 0.0000339. The van der Waals surface area contributed by atoms with Gasteiger partial charge in [0.15, 0.2) is 6.61 Å². The number of nitrogens with two attached hydrogens (primary N) is 1. The molecule has 6 heteroatoms. The zero-order chi connectivity index (χ0) is 17.5. The summed E-state index contributed by atoms with van der Waals surface area (Å²) >= 11 is 0. The number of carbonyl (C=O) groups is 2. The minimum Gasteiger partial charge on any atom is -0.484 e. The highest BCUT2D eigenvalue weighted by Crippen LogP contribution is 2.20. The Labute approximate surface area is 143 Å². The third-order valence-electron chi connectivity index (χ3n) is 4.58. The number of rotatable bonds is 6. The maximum atomic E-state index is 12.5. The fraction of sp³-hybridized carbons (Fsp3) is 0.556. The second kappa shape index (κ2) is 8.68. The predicted octanol–water partition coefficient (Wildman–Crippen LogP) is 1.11. The number of likely N-dealkylation sites (N-methyl/N-ethyl adjacent to an activating group) is 1. The van der Waals surface area contributed by atoms with Crippen molar-refractivity contribution in [3.8, 4) is 5.75 Å². The molecular formula is C18H27N3O3. The van der Waals surface area contributed by atoms with Crippen molar-refractivity contribution >= 4 is 11.8 Å². The summed E-state index contributed by atoms with van der Waals surface area (Å²) in [5, 5.41) is 0. The third-order valence-corrected chi connectivity index (χ3v) is 4.58. The van der Waals surface area contributed by atoms with Gasteiger partial charge in [-0.05, 0) is 31.9 Å². The molecule has 2 atom stereocenters. The van der Waals surface area contributed by atoms with Crippen LogP contribution >= 0.6 is 0 Å². The van der Waals surface area contributed by atoms with E-state index >= 15 is 0 Å². The van der Waals surface area contributed by atoms with Crippen LogP contribution in [-0.4, -0.2) is 60.9 Å². The Kier molecular flexibility index (Phi) is 6.61. The number of ether oxygens (including phenoxy) is 1. The molecule has 2 N–H and O–H groups in total. The van der Waals surface area contributed by atoms with Crippen LogP contribution in [0, 0.1) is 5.92 Å². The molecule has 0 saturated carbocycles. The van der Waals surface area contributed by atoms with Gasteiger partial charge in [0.1, 0.15) is 5.75 Å². The second-order valence-corrected chi connectivity index (χ2v) is 6.31. The molecule has 1 saturated heterocycles. The van der Waals surface area contributed by atoms with Crippen LogP contribution in [0.1, 0.15) is 19.8 Å². The lowest BCUT2D eigenvalue weighted by atomic mass is 9.96. The minimum atomic E-state index is -0.154. The summed E-state index contributed by atoms with van der Waals surface area (Å²) in [6.07, 6.45) is 1.64. The number of hydrogen-bond acceptors (Lipinski definition) is 4. The molecule has 1 aliphatic rings. The fourth-order valence-electron chi connectivity index (χ4n) is 2.82. The van der Waals surface area contributed by atoms with Crippen LogP contribution in [0.4, 0.5) is 0 Å². The van der Waals surface area contributed by atoms with Crippen LogP contribution in [0.5, 0.6) is 5.75 Å². The molecule has 6 nitrogen and oxygen atoms in total. The van der Waals surface area contributed by atoms with Crippen LogP contribution in [0.25, 0.3) is 0 Å². The molecule has 2 amide bonds. The molecule has 1 aromatic carbocycles.